The van der Waals surface area contributed by atoms with E-state index in [2.05, 4.69) is 4.99 Å². The number of nitrogens with zero attached hydrogens (tertiary/aromatic N) is 3. The van der Waals surface area contributed by atoms with Crippen molar-refractivity contribution in [2.75, 3.05) is 26.3 Å². The number of aromatic nitrogens is 1. The Kier molecular flexibility index (Phi) is 6.22. The number of fused-ring (bicyclic) bond motifs is 2. The van der Waals surface area contributed by atoms with Crippen LogP contribution in [0.4, 0.5) is 0 Å². The van der Waals surface area contributed by atoms with Gasteiger partial charge in [-0.15, -0.1) is 0 Å². The van der Waals surface area contributed by atoms with Gasteiger partial charge < -0.3 is 14.0 Å². The quantitative estimate of drug-likeness (QED) is 0.547. The van der Waals surface area contributed by atoms with E-state index in [4.69, 9.17) is 9.47 Å². The summed E-state index contributed by atoms with van der Waals surface area (Å²) in [6, 6.07) is 10.8. The molecular weight excluding hydrogens is 474 g/mol. The molecule has 0 saturated carbocycles. The third-order valence-corrected chi connectivity index (χ3v) is 9.28. The van der Waals surface area contributed by atoms with Crippen LogP contribution in [0.15, 0.2) is 46.3 Å². The lowest BCUT2D eigenvalue weighted by molar-refractivity contribution is -0.122. The molecule has 1 fully saturated rings. The summed E-state index contributed by atoms with van der Waals surface area (Å²) >= 11 is 1.45. The van der Waals surface area contributed by atoms with Crippen molar-refractivity contribution in [3.8, 4) is 11.5 Å². The average molecular weight is 502 g/mol. The molecule has 0 N–H and O–H groups in total. The van der Waals surface area contributed by atoms with Crippen LogP contribution in [0.3, 0.4) is 0 Å². The van der Waals surface area contributed by atoms with Crippen molar-refractivity contribution in [2.24, 2.45) is 10.9 Å². The molecule has 0 unspecified atom stereocenters. The van der Waals surface area contributed by atoms with Crippen molar-refractivity contribution in [3.63, 3.8) is 0 Å². The standard InChI is InChI=1S/C24H27N3O5S2/c1-3-27-19-14-20-21(32-13-12-31-20)15-22(19)33-24(27)25-23(28)17-8-10-26(11-9-17)34(29,30)18-6-4-16(2)5-7-18/h4-7,14-15,17H,3,8-13H2,1-2H3. The van der Waals surface area contributed by atoms with E-state index in [9.17, 15) is 13.2 Å². The average Bonchev–Trinajstić information content (AvgIpc) is 3.18. The van der Waals surface area contributed by atoms with Crippen LogP contribution in [0, 0.1) is 12.8 Å². The molecule has 1 saturated heterocycles. The van der Waals surface area contributed by atoms with Crippen LogP contribution in [0.25, 0.3) is 10.2 Å². The smallest absolute Gasteiger partial charge is 0.251 e. The maximum absolute atomic E-state index is 13.0. The lowest BCUT2D eigenvalue weighted by Gasteiger charge is -2.29. The maximum atomic E-state index is 13.0. The minimum absolute atomic E-state index is 0.196. The summed E-state index contributed by atoms with van der Waals surface area (Å²) in [5.74, 6) is 0.931. The molecule has 10 heteroatoms. The van der Waals surface area contributed by atoms with Crippen LogP contribution in [0.5, 0.6) is 11.5 Å². The summed E-state index contributed by atoms with van der Waals surface area (Å²) in [4.78, 5) is 18.4. The number of carbonyl (C=O) groups excluding carboxylic acids is 1. The largest absolute Gasteiger partial charge is 0.486 e. The Morgan fingerprint density at radius 3 is 2.38 bits per heavy atom. The van der Waals surface area contributed by atoms with E-state index in [-0.39, 0.29) is 16.7 Å². The predicted molar refractivity (Wildman–Crippen MR) is 130 cm³/mol. The zero-order valence-electron chi connectivity index (χ0n) is 19.2. The van der Waals surface area contributed by atoms with E-state index in [0.29, 0.717) is 62.0 Å². The topological polar surface area (TPSA) is 90.2 Å². The van der Waals surface area contributed by atoms with Crippen molar-refractivity contribution >= 4 is 37.5 Å². The fourth-order valence-electron chi connectivity index (χ4n) is 4.39. The number of hydrogen-bond acceptors (Lipinski definition) is 6. The fraction of sp³-hybridized carbons (Fsp3) is 0.417. The Bertz CT molecular complexity index is 1400. The Labute approximate surface area is 202 Å². The molecule has 2 aliphatic rings. The summed E-state index contributed by atoms with van der Waals surface area (Å²) in [6.07, 6.45) is 0.918. The van der Waals surface area contributed by atoms with Gasteiger partial charge in [-0.2, -0.15) is 9.30 Å². The molecule has 3 heterocycles. The number of piperidine rings is 1. The first-order valence-corrected chi connectivity index (χ1v) is 13.7. The third kappa shape index (κ3) is 4.25. The van der Waals surface area contributed by atoms with E-state index in [1.54, 1.807) is 24.3 Å². The Morgan fingerprint density at radius 2 is 1.74 bits per heavy atom. The van der Waals surface area contributed by atoms with Crippen LogP contribution in [0.1, 0.15) is 25.3 Å². The van der Waals surface area contributed by atoms with Crippen LogP contribution in [0.2, 0.25) is 0 Å². The number of ether oxygens (including phenoxy) is 2. The Morgan fingerprint density at radius 1 is 1.09 bits per heavy atom. The van der Waals surface area contributed by atoms with Crippen molar-refractivity contribution in [1.29, 1.82) is 0 Å². The minimum Gasteiger partial charge on any atom is -0.486 e. The first-order chi connectivity index (χ1) is 16.4. The number of benzene rings is 2. The van der Waals surface area contributed by atoms with E-state index in [1.165, 1.54) is 15.6 Å². The molecule has 8 nitrogen and oxygen atoms in total. The van der Waals surface area contributed by atoms with Crippen molar-refractivity contribution in [1.82, 2.24) is 8.87 Å². The highest BCUT2D eigenvalue weighted by Crippen LogP contribution is 2.35. The fourth-order valence-corrected chi connectivity index (χ4v) is 6.96. The van der Waals surface area contributed by atoms with Crippen molar-refractivity contribution < 1.29 is 22.7 Å². The summed E-state index contributed by atoms with van der Waals surface area (Å²) in [6.45, 7) is 6.26. The van der Waals surface area contributed by atoms with Crippen molar-refractivity contribution in [2.45, 2.75) is 38.1 Å². The van der Waals surface area contributed by atoms with Gasteiger partial charge in [-0.1, -0.05) is 29.0 Å². The highest BCUT2D eigenvalue weighted by molar-refractivity contribution is 7.89. The monoisotopic (exact) mass is 501 g/mol. The maximum Gasteiger partial charge on any atom is 0.251 e. The molecule has 0 bridgehead atoms. The molecule has 5 rings (SSSR count). The van der Waals surface area contributed by atoms with Gasteiger partial charge in [0.2, 0.25) is 10.0 Å². The molecule has 180 valence electrons. The number of sulfonamides is 1. The molecule has 1 aromatic heterocycles. The molecule has 3 aromatic rings. The lowest BCUT2D eigenvalue weighted by atomic mass is 9.98. The van der Waals surface area contributed by atoms with Crippen LogP contribution >= 0.6 is 11.3 Å². The predicted octanol–water partition coefficient (Wildman–Crippen LogP) is 3.33. The summed E-state index contributed by atoms with van der Waals surface area (Å²) in [5.41, 5.74) is 1.97. The van der Waals surface area contributed by atoms with Gasteiger partial charge in [-0.05, 0) is 38.8 Å². The van der Waals surface area contributed by atoms with Gasteiger partial charge in [0.05, 0.1) is 15.1 Å². The van der Waals surface area contributed by atoms with Crippen LogP contribution < -0.4 is 14.3 Å². The second kappa shape index (κ2) is 9.16. The van der Waals surface area contributed by atoms with Gasteiger partial charge in [0.15, 0.2) is 16.3 Å². The highest BCUT2D eigenvalue weighted by atomic mass is 32.2. The third-order valence-electron chi connectivity index (χ3n) is 6.33. The minimum atomic E-state index is -3.56. The molecule has 0 aliphatic carbocycles. The Hall–Kier alpha value is -2.69. The molecule has 2 aromatic carbocycles. The van der Waals surface area contributed by atoms with E-state index in [1.807, 2.05) is 30.5 Å². The molecule has 0 spiro atoms. The van der Waals surface area contributed by atoms with E-state index < -0.39 is 10.0 Å². The summed E-state index contributed by atoms with van der Waals surface area (Å²) < 4.78 is 41.8. The number of thiazole rings is 1. The summed E-state index contributed by atoms with van der Waals surface area (Å²) in [5, 5.41) is 0. The second-order valence-electron chi connectivity index (χ2n) is 8.53. The normalized spacial score (nSPS) is 17.9. The lowest BCUT2D eigenvalue weighted by Crippen LogP contribution is -2.40. The number of carbonyl (C=O) groups is 1. The molecule has 1 amide bonds. The SMILES string of the molecule is CCn1c(=NC(=O)C2CCN(S(=O)(=O)c3ccc(C)cc3)CC2)sc2cc3c(cc21)OCCO3. The highest BCUT2D eigenvalue weighted by Gasteiger charge is 2.32. The number of aryl methyl sites for hydroxylation is 2. The molecule has 0 atom stereocenters. The van der Waals surface area contributed by atoms with E-state index in [0.717, 1.165) is 15.8 Å². The van der Waals surface area contributed by atoms with Gasteiger partial charge in [0.25, 0.3) is 5.91 Å². The molecule has 34 heavy (non-hydrogen) atoms. The molecule has 0 radical (unpaired) electrons. The van der Waals surface area contributed by atoms with Crippen LogP contribution in [-0.2, 0) is 21.4 Å². The second-order valence-corrected chi connectivity index (χ2v) is 11.5. The number of hydrogen-bond donors (Lipinski definition) is 0. The van der Waals surface area contributed by atoms with E-state index >= 15 is 0 Å². The van der Waals surface area contributed by atoms with Gasteiger partial charge in [-0.3, -0.25) is 4.79 Å². The van der Waals surface area contributed by atoms with Crippen LogP contribution in [-0.4, -0.2) is 49.5 Å². The van der Waals surface area contributed by atoms with Gasteiger partial charge in [0.1, 0.15) is 13.2 Å². The van der Waals surface area contributed by atoms with Gasteiger partial charge >= 0.3 is 0 Å². The van der Waals surface area contributed by atoms with Gasteiger partial charge in [-0.25, -0.2) is 8.42 Å². The zero-order chi connectivity index (χ0) is 23.9. The first-order valence-electron chi connectivity index (χ1n) is 11.4. The molecular formula is C24H27N3O5S2. The number of amides is 1. The van der Waals surface area contributed by atoms with Crippen molar-refractivity contribution in [3.05, 3.63) is 46.8 Å². The number of rotatable bonds is 4. The summed E-state index contributed by atoms with van der Waals surface area (Å²) in [7, 11) is -3.56. The molecule has 2 aliphatic heterocycles. The zero-order valence-corrected chi connectivity index (χ0v) is 20.8. The first kappa shape index (κ1) is 23.1. The Balaban J connectivity index is 1.35. The van der Waals surface area contributed by atoms with Gasteiger partial charge in [0, 0.05) is 37.7 Å².